The molecule has 0 radical (unpaired) electrons. The van der Waals surface area contributed by atoms with Crippen molar-refractivity contribution in [2.75, 3.05) is 13.2 Å². The summed E-state index contributed by atoms with van der Waals surface area (Å²) in [6, 6.07) is 6.00. The van der Waals surface area contributed by atoms with Gasteiger partial charge in [0.2, 0.25) is 0 Å². The minimum absolute atomic E-state index is 0.0279. The molecule has 3 atom stereocenters. The van der Waals surface area contributed by atoms with E-state index in [2.05, 4.69) is 0 Å². The Morgan fingerprint density at radius 3 is 2.78 bits per heavy atom. The molecule has 23 heavy (non-hydrogen) atoms. The molecule has 1 saturated carbocycles. The number of likely N-dealkylation sites (tertiary alicyclic amines) is 1. The molecule has 1 aromatic rings. The van der Waals surface area contributed by atoms with Gasteiger partial charge in [0.1, 0.15) is 5.82 Å². The molecule has 1 heterocycles. The highest BCUT2D eigenvalue weighted by Gasteiger charge is 2.50. The quantitative estimate of drug-likeness (QED) is 0.904. The van der Waals surface area contributed by atoms with Crippen molar-refractivity contribution >= 4 is 6.09 Å². The molecule has 126 valence electrons. The minimum atomic E-state index is -0.736. The maximum absolute atomic E-state index is 13.3. The molecule has 0 aromatic heterocycles. The summed E-state index contributed by atoms with van der Waals surface area (Å²) in [4.78, 5) is 14.1. The number of ether oxygens (including phenoxy) is 1. The van der Waals surface area contributed by atoms with Crippen LogP contribution in [0.3, 0.4) is 0 Å². The molecule has 1 aromatic carbocycles. The summed E-state index contributed by atoms with van der Waals surface area (Å²) in [5.74, 6) is -0.328. The Hall–Kier alpha value is -1.62. The molecule has 0 bridgehead atoms. The number of carbonyl (C=O) groups is 1. The third-order valence-corrected chi connectivity index (χ3v) is 5.28. The van der Waals surface area contributed by atoms with E-state index >= 15 is 0 Å². The first-order chi connectivity index (χ1) is 11.0. The lowest BCUT2D eigenvalue weighted by atomic mass is 9.66. The Morgan fingerprint density at radius 1 is 1.35 bits per heavy atom. The maximum atomic E-state index is 13.3. The van der Waals surface area contributed by atoms with Crippen molar-refractivity contribution in [2.45, 2.75) is 50.7 Å². The third-order valence-electron chi connectivity index (χ3n) is 5.28. The monoisotopic (exact) mass is 321 g/mol. The van der Waals surface area contributed by atoms with Gasteiger partial charge in [-0.1, -0.05) is 25.0 Å². The Bertz CT molecular complexity index is 562. The molecule has 3 rings (SSSR count). The van der Waals surface area contributed by atoms with E-state index in [1.165, 1.54) is 12.1 Å². The fraction of sp³-hybridized carbons (Fsp3) is 0.611. The van der Waals surface area contributed by atoms with E-state index in [1.807, 2.05) is 0 Å². The van der Waals surface area contributed by atoms with Crippen molar-refractivity contribution in [3.8, 4) is 0 Å². The van der Waals surface area contributed by atoms with Crippen LogP contribution in [0.15, 0.2) is 24.3 Å². The van der Waals surface area contributed by atoms with Crippen LogP contribution in [-0.2, 0) is 4.74 Å². The number of rotatable bonds is 2. The van der Waals surface area contributed by atoms with Crippen LogP contribution in [0.1, 0.15) is 50.6 Å². The molecule has 0 spiro atoms. The van der Waals surface area contributed by atoms with Crippen LogP contribution < -0.4 is 0 Å². The zero-order chi connectivity index (χ0) is 16.4. The number of amides is 1. The number of carbonyl (C=O) groups excluding carboxylic acids is 1. The third kappa shape index (κ3) is 3.07. The van der Waals surface area contributed by atoms with Crippen LogP contribution in [0.25, 0.3) is 0 Å². The van der Waals surface area contributed by atoms with Crippen LogP contribution in [0.5, 0.6) is 0 Å². The Balaban J connectivity index is 1.97. The smallest absolute Gasteiger partial charge is 0.410 e. The second-order valence-electron chi connectivity index (χ2n) is 6.59. The molecule has 1 aliphatic heterocycles. The van der Waals surface area contributed by atoms with Crippen molar-refractivity contribution in [3.05, 3.63) is 35.6 Å². The van der Waals surface area contributed by atoms with Crippen LogP contribution in [0.2, 0.25) is 0 Å². The van der Waals surface area contributed by atoms with Crippen LogP contribution in [-0.4, -0.2) is 34.9 Å². The van der Waals surface area contributed by atoms with Gasteiger partial charge in [-0.05, 0) is 43.9 Å². The molecule has 3 unspecified atom stereocenters. The lowest BCUT2D eigenvalue weighted by Gasteiger charge is -2.52. The van der Waals surface area contributed by atoms with E-state index < -0.39 is 5.60 Å². The molecular weight excluding hydrogens is 297 g/mol. The molecule has 4 nitrogen and oxygen atoms in total. The van der Waals surface area contributed by atoms with Crippen LogP contribution in [0, 0.1) is 11.7 Å². The van der Waals surface area contributed by atoms with Gasteiger partial charge >= 0.3 is 6.09 Å². The first-order valence-electron chi connectivity index (χ1n) is 8.46. The number of nitrogens with zero attached hydrogens (tertiary/aromatic N) is 1. The van der Waals surface area contributed by atoms with E-state index in [0.29, 0.717) is 19.6 Å². The number of hydrogen-bond donors (Lipinski definition) is 1. The number of halogens is 1. The predicted molar refractivity (Wildman–Crippen MR) is 84.4 cm³/mol. The van der Waals surface area contributed by atoms with Gasteiger partial charge in [0.15, 0.2) is 0 Å². The van der Waals surface area contributed by atoms with Crippen molar-refractivity contribution < 1.29 is 19.0 Å². The number of piperidine rings is 1. The second kappa shape index (κ2) is 6.48. The van der Waals surface area contributed by atoms with Gasteiger partial charge in [0, 0.05) is 12.5 Å². The second-order valence-corrected chi connectivity index (χ2v) is 6.59. The summed E-state index contributed by atoms with van der Waals surface area (Å²) in [5.41, 5.74) is 0.129. The number of fused-ring (bicyclic) bond motifs is 1. The number of hydrogen-bond acceptors (Lipinski definition) is 3. The van der Waals surface area contributed by atoms with Gasteiger partial charge in [0.05, 0.1) is 18.2 Å². The summed E-state index contributed by atoms with van der Waals surface area (Å²) in [6.07, 6.45) is 3.92. The maximum Gasteiger partial charge on any atom is 0.410 e. The lowest BCUT2D eigenvalue weighted by Crippen LogP contribution is -2.56. The van der Waals surface area contributed by atoms with Crippen molar-refractivity contribution in [1.29, 1.82) is 0 Å². The van der Waals surface area contributed by atoms with Gasteiger partial charge in [-0.15, -0.1) is 0 Å². The van der Waals surface area contributed by atoms with Crippen molar-refractivity contribution in [2.24, 2.45) is 5.92 Å². The highest BCUT2D eigenvalue weighted by molar-refractivity contribution is 5.68. The lowest BCUT2D eigenvalue weighted by molar-refractivity contribution is -0.118. The average Bonchev–Trinajstić information content (AvgIpc) is 2.54. The van der Waals surface area contributed by atoms with Gasteiger partial charge in [-0.25, -0.2) is 9.18 Å². The Morgan fingerprint density at radius 2 is 2.09 bits per heavy atom. The minimum Gasteiger partial charge on any atom is -0.450 e. The Kier molecular flexibility index (Phi) is 4.57. The van der Waals surface area contributed by atoms with Gasteiger partial charge in [0.25, 0.3) is 0 Å². The molecule has 1 amide bonds. The SMILES string of the molecule is CCOC(=O)N1CCC2(O)CCCCC2C1c1ccc(F)cc1. The highest BCUT2D eigenvalue weighted by Crippen LogP contribution is 2.49. The molecule has 1 saturated heterocycles. The largest absolute Gasteiger partial charge is 0.450 e. The van der Waals surface area contributed by atoms with Crippen molar-refractivity contribution in [3.63, 3.8) is 0 Å². The summed E-state index contributed by atoms with van der Waals surface area (Å²) < 4.78 is 18.5. The first-order valence-corrected chi connectivity index (χ1v) is 8.46. The van der Waals surface area contributed by atoms with Gasteiger partial charge in [-0.3, -0.25) is 0 Å². The van der Waals surface area contributed by atoms with Crippen molar-refractivity contribution in [1.82, 2.24) is 4.90 Å². The highest BCUT2D eigenvalue weighted by atomic mass is 19.1. The zero-order valence-corrected chi connectivity index (χ0v) is 13.5. The first kappa shape index (κ1) is 16.2. The normalized spacial score (nSPS) is 30.7. The van der Waals surface area contributed by atoms with Gasteiger partial charge in [-0.2, -0.15) is 0 Å². The van der Waals surface area contributed by atoms with Crippen LogP contribution >= 0.6 is 0 Å². The summed E-state index contributed by atoms with van der Waals surface area (Å²) >= 11 is 0. The summed E-state index contributed by atoms with van der Waals surface area (Å²) in [5, 5.41) is 11.1. The number of aliphatic hydroxyl groups is 1. The predicted octanol–water partition coefficient (Wildman–Crippen LogP) is 3.65. The fourth-order valence-electron chi connectivity index (χ4n) is 4.17. The Labute approximate surface area is 136 Å². The fourth-order valence-corrected chi connectivity index (χ4v) is 4.17. The number of benzene rings is 1. The van der Waals surface area contributed by atoms with E-state index in [-0.39, 0.29) is 23.9 Å². The molecule has 2 aliphatic rings. The van der Waals surface area contributed by atoms with Crippen LogP contribution in [0.4, 0.5) is 9.18 Å². The molecular formula is C18H24FNO3. The summed E-state index contributed by atoms with van der Waals surface area (Å²) in [7, 11) is 0. The molecule has 5 heteroatoms. The zero-order valence-electron chi connectivity index (χ0n) is 13.5. The van der Waals surface area contributed by atoms with E-state index in [9.17, 15) is 14.3 Å². The molecule has 2 fully saturated rings. The van der Waals surface area contributed by atoms with E-state index in [4.69, 9.17) is 4.74 Å². The van der Waals surface area contributed by atoms with E-state index in [0.717, 1.165) is 31.2 Å². The van der Waals surface area contributed by atoms with E-state index in [1.54, 1.807) is 24.0 Å². The molecule has 1 aliphatic carbocycles. The standard InChI is InChI=1S/C18H24FNO3/c1-2-23-17(21)20-12-11-18(22)10-4-3-5-15(18)16(20)13-6-8-14(19)9-7-13/h6-9,15-16,22H,2-5,10-12H2,1H3. The van der Waals surface area contributed by atoms with Gasteiger partial charge < -0.3 is 14.7 Å². The topological polar surface area (TPSA) is 49.8 Å². The molecule has 1 N–H and O–H groups in total. The summed E-state index contributed by atoms with van der Waals surface area (Å²) in [6.45, 7) is 2.57. The average molecular weight is 321 g/mol.